The van der Waals surface area contributed by atoms with Crippen LogP contribution in [0.25, 0.3) is 10.9 Å². The van der Waals surface area contributed by atoms with Crippen LogP contribution in [0.2, 0.25) is 0 Å². The van der Waals surface area contributed by atoms with Crippen LogP contribution in [0.1, 0.15) is 5.56 Å². The summed E-state index contributed by atoms with van der Waals surface area (Å²) in [4.78, 5) is 25.4. The summed E-state index contributed by atoms with van der Waals surface area (Å²) >= 11 is 0. The molecule has 1 saturated heterocycles. The number of carbonyl (C=O) groups excluding carboxylic acids is 1. The van der Waals surface area contributed by atoms with Crippen molar-refractivity contribution in [2.75, 3.05) is 42.1 Å². The van der Waals surface area contributed by atoms with Crippen molar-refractivity contribution >= 4 is 63.2 Å². The third-order valence-corrected chi connectivity index (χ3v) is 6.03. The maximum absolute atomic E-state index is 12.8. The highest BCUT2D eigenvalue weighted by molar-refractivity contribution is 7.92. The fourth-order valence-electron chi connectivity index (χ4n) is 3.90. The lowest BCUT2D eigenvalue weighted by Crippen LogP contribution is -2.53. The molecule has 3 N–H and O–H groups in total. The summed E-state index contributed by atoms with van der Waals surface area (Å²) < 4.78 is 25.7. The molecule has 0 aliphatic carbocycles. The number of nitrogens with two attached hydrogens (primary N) is 1. The Bertz CT molecular complexity index is 1220. The van der Waals surface area contributed by atoms with Gasteiger partial charge in [0.1, 0.15) is 12.1 Å². The zero-order chi connectivity index (χ0) is 22.7. The fraction of sp³-hybridized carbons (Fsp3) is 0.318. The molecule has 9 nitrogen and oxygen atoms in total. The second-order valence-corrected chi connectivity index (χ2v) is 9.66. The van der Waals surface area contributed by atoms with E-state index in [1.165, 1.54) is 6.33 Å². The molecular formula is C22H28Cl2N6O3S. The molecule has 2 heterocycles. The van der Waals surface area contributed by atoms with Crippen molar-refractivity contribution in [1.82, 2.24) is 14.9 Å². The first-order chi connectivity index (χ1) is 15.3. The fourth-order valence-corrected chi connectivity index (χ4v) is 4.46. The number of sulfonamides is 1. The van der Waals surface area contributed by atoms with Crippen LogP contribution >= 0.6 is 24.8 Å². The van der Waals surface area contributed by atoms with Gasteiger partial charge in [0.2, 0.25) is 15.9 Å². The summed E-state index contributed by atoms with van der Waals surface area (Å²) in [5, 5.41) is 0.752. The third kappa shape index (κ3) is 6.69. The maximum Gasteiger partial charge on any atom is 0.239 e. The van der Waals surface area contributed by atoms with Crippen molar-refractivity contribution in [2.45, 2.75) is 12.5 Å². The predicted molar refractivity (Wildman–Crippen MR) is 139 cm³/mol. The minimum absolute atomic E-state index is 0. The number of nitrogens with zero attached hydrogens (tertiary/aromatic N) is 4. The van der Waals surface area contributed by atoms with E-state index in [0.717, 1.165) is 22.7 Å². The largest absolute Gasteiger partial charge is 0.352 e. The van der Waals surface area contributed by atoms with Crippen molar-refractivity contribution in [3.05, 3.63) is 60.4 Å². The second kappa shape index (κ2) is 11.7. The monoisotopic (exact) mass is 526 g/mol. The lowest BCUT2D eigenvalue weighted by Gasteiger charge is -2.36. The van der Waals surface area contributed by atoms with E-state index in [2.05, 4.69) is 19.6 Å². The van der Waals surface area contributed by atoms with Gasteiger partial charge in [0, 0.05) is 37.3 Å². The normalized spacial score (nSPS) is 14.6. The first-order valence-electron chi connectivity index (χ1n) is 10.4. The molecule has 1 unspecified atom stereocenters. The minimum Gasteiger partial charge on any atom is -0.352 e. The van der Waals surface area contributed by atoms with E-state index in [4.69, 9.17) is 5.73 Å². The molecule has 0 spiro atoms. The first kappa shape index (κ1) is 27.6. The summed E-state index contributed by atoms with van der Waals surface area (Å²) in [5.74, 6) is 0.661. The number of rotatable bonds is 6. The Hall–Kier alpha value is -2.66. The molecule has 3 aromatic rings. The molecule has 184 valence electrons. The van der Waals surface area contributed by atoms with Crippen molar-refractivity contribution < 1.29 is 13.2 Å². The molecule has 1 fully saturated rings. The Labute approximate surface area is 211 Å². The van der Waals surface area contributed by atoms with Crippen LogP contribution < -0.4 is 15.4 Å². The average Bonchev–Trinajstić information content (AvgIpc) is 2.78. The molecular weight excluding hydrogens is 499 g/mol. The standard InChI is InChI=1S/C22H26N6O3S.2ClH/c1-32(30,31)26-17-7-8-20-18(14-17)21(25-15-24-20)27-9-11-28(12-10-27)22(29)19(23)13-16-5-3-2-4-6-16;;/h2-8,14-15,19,26H,9-13,23H2,1H3;2*1H. The molecule has 1 aromatic heterocycles. The van der Waals surface area contributed by atoms with Gasteiger partial charge >= 0.3 is 0 Å². The van der Waals surface area contributed by atoms with Crippen LogP contribution in [-0.4, -0.2) is 67.7 Å². The zero-order valence-electron chi connectivity index (χ0n) is 18.6. The maximum atomic E-state index is 12.8. The number of nitrogens with one attached hydrogen (secondary N) is 1. The Kier molecular flexibility index (Phi) is 9.45. The second-order valence-electron chi connectivity index (χ2n) is 7.91. The van der Waals surface area contributed by atoms with Gasteiger partial charge in [-0.15, -0.1) is 24.8 Å². The minimum atomic E-state index is -3.39. The summed E-state index contributed by atoms with van der Waals surface area (Å²) in [6.07, 6.45) is 3.11. The van der Waals surface area contributed by atoms with Gasteiger partial charge in [-0.1, -0.05) is 30.3 Å². The number of fused-ring (bicyclic) bond motifs is 1. The highest BCUT2D eigenvalue weighted by Crippen LogP contribution is 2.27. The van der Waals surface area contributed by atoms with E-state index < -0.39 is 16.1 Å². The number of hydrogen-bond acceptors (Lipinski definition) is 7. The SMILES string of the molecule is CS(=O)(=O)Nc1ccc2ncnc(N3CCN(C(=O)C(N)Cc4ccccc4)CC3)c2c1.Cl.Cl. The number of benzene rings is 2. The molecule has 1 aliphatic rings. The van der Waals surface area contributed by atoms with Crippen molar-refractivity contribution in [3.8, 4) is 0 Å². The summed E-state index contributed by atoms with van der Waals surface area (Å²) in [5.41, 5.74) is 8.40. The molecule has 0 saturated carbocycles. The van der Waals surface area contributed by atoms with E-state index in [1.807, 2.05) is 30.3 Å². The van der Waals surface area contributed by atoms with Gasteiger partial charge < -0.3 is 15.5 Å². The van der Waals surface area contributed by atoms with Gasteiger partial charge in [0.05, 0.1) is 17.8 Å². The summed E-state index contributed by atoms with van der Waals surface area (Å²) in [7, 11) is -3.39. The van der Waals surface area contributed by atoms with Gasteiger partial charge in [0.15, 0.2) is 0 Å². The number of hydrogen-bond donors (Lipinski definition) is 2. The van der Waals surface area contributed by atoms with Crippen LogP contribution in [0.5, 0.6) is 0 Å². The topological polar surface area (TPSA) is 122 Å². The quantitative estimate of drug-likeness (QED) is 0.503. The van der Waals surface area contributed by atoms with E-state index in [0.29, 0.717) is 44.1 Å². The Morgan fingerprint density at radius 1 is 1.06 bits per heavy atom. The van der Waals surface area contributed by atoms with Crippen LogP contribution in [0, 0.1) is 0 Å². The van der Waals surface area contributed by atoms with Gasteiger partial charge in [0.25, 0.3) is 0 Å². The number of halogens is 2. The first-order valence-corrected chi connectivity index (χ1v) is 12.2. The molecule has 1 atom stereocenters. The lowest BCUT2D eigenvalue weighted by atomic mass is 10.1. The number of carbonyl (C=O) groups is 1. The molecule has 34 heavy (non-hydrogen) atoms. The lowest BCUT2D eigenvalue weighted by molar-refractivity contribution is -0.132. The van der Waals surface area contributed by atoms with Gasteiger partial charge in [-0.2, -0.15) is 0 Å². The summed E-state index contributed by atoms with van der Waals surface area (Å²) in [6.45, 7) is 2.27. The van der Waals surface area contributed by atoms with Crippen molar-refractivity contribution in [2.24, 2.45) is 5.73 Å². The van der Waals surface area contributed by atoms with Gasteiger partial charge in [-0.25, -0.2) is 18.4 Å². The molecule has 0 bridgehead atoms. The van der Waals surface area contributed by atoms with Crippen LogP contribution in [-0.2, 0) is 21.2 Å². The van der Waals surface area contributed by atoms with E-state index in [-0.39, 0.29) is 30.7 Å². The molecule has 0 radical (unpaired) electrons. The third-order valence-electron chi connectivity index (χ3n) is 5.42. The summed E-state index contributed by atoms with van der Waals surface area (Å²) in [6, 6.07) is 14.3. The van der Waals surface area contributed by atoms with Gasteiger partial charge in [-0.3, -0.25) is 9.52 Å². The predicted octanol–water partition coefficient (Wildman–Crippen LogP) is 2.06. The molecule has 12 heteroatoms. The van der Waals surface area contributed by atoms with E-state index in [9.17, 15) is 13.2 Å². The number of amides is 1. The van der Waals surface area contributed by atoms with E-state index >= 15 is 0 Å². The van der Waals surface area contributed by atoms with Crippen molar-refractivity contribution in [3.63, 3.8) is 0 Å². The molecule has 2 aromatic carbocycles. The van der Waals surface area contributed by atoms with Crippen LogP contribution in [0.15, 0.2) is 54.9 Å². The number of aromatic nitrogens is 2. The van der Waals surface area contributed by atoms with Crippen molar-refractivity contribution in [1.29, 1.82) is 0 Å². The Morgan fingerprint density at radius 3 is 2.38 bits per heavy atom. The zero-order valence-corrected chi connectivity index (χ0v) is 21.1. The van der Waals surface area contributed by atoms with Crippen LogP contribution in [0.4, 0.5) is 11.5 Å². The van der Waals surface area contributed by atoms with E-state index in [1.54, 1.807) is 23.1 Å². The molecule has 1 amide bonds. The smallest absolute Gasteiger partial charge is 0.239 e. The molecule has 1 aliphatic heterocycles. The van der Waals surface area contributed by atoms with Gasteiger partial charge in [-0.05, 0) is 30.2 Å². The number of anilines is 2. The molecule has 4 rings (SSSR count). The Balaban J connectivity index is 0.00000204. The highest BCUT2D eigenvalue weighted by Gasteiger charge is 2.26. The number of piperazine rings is 1. The average molecular weight is 527 g/mol. The highest BCUT2D eigenvalue weighted by atomic mass is 35.5. The Morgan fingerprint density at radius 2 is 1.74 bits per heavy atom. The van der Waals surface area contributed by atoms with Crippen LogP contribution in [0.3, 0.4) is 0 Å².